The SMILES string of the molecule is Cc1ccc(OCCCNC(=O)NNc2ncc(C#N)cc2C)c(C)c1. The molecule has 1 aromatic carbocycles. The van der Waals surface area contributed by atoms with Crippen molar-refractivity contribution in [1.82, 2.24) is 15.7 Å². The number of carbonyl (C=O) groups is 1. The molecule has 0 atom stereocenters. The number of anilines is 1. The highest BCUT2D eigenvalue weighted by atomic mass is 16.5. The maximum Gasteiger partial charge on any atom is 0.333 e. The van der Waals surface area contributed by atoms with E-state index >= 15 is 0 Å². The lowest BCUT2D eigenvalue weighted by Gasteiger charge is -2.12. The van der Waals surface area contributed by atoms with Crippen LogP contribution in [-0.4, -0.2) is 24.2 Å². The molecule has 0 spiro atoms. The monoisotopic (exact) mass is 353 g/mol. The molecule has 0 aliphatic rings. The number of hydrazine groups is 1. The predicted octanol–water partition coefficient (Wildman–Crippen LogP) is 2.97. The van der Waals surface area contributed by atoms with Crippen LogP contribution in [0, 0.1) is 32.1 Å². The van der Waals surface area contributed by atoms with Crippen LogP contribution in [0.15, 0.2) is 30.5 Å². The average molecular weight is 353 g/mol. The third-order valence-electron chi connectivity index (χ3n) is 3.70. The van der Waals surface area contributed by atoms with E-state index < -0.39 is 0 Å². The lowest BCUT2D eigenvalue weighted by Crippen LogP contribution is -2.40. The first-order valence-electron chi connectivity index (χ1n) is 8.36. The fourth-order valence-corrected chi connectivity index (χ4v) is 2.34. The van der Waals surface area contributed by atoms with Crippen molar-refractivity contribution in [3.8, 4) is 11.8 Å². The quantitative estimate of drug-likeness (QED) is 0.525. The standard InChI is InChI=1S/C19H23N5O2/c1-13-5-6-17(14(2)9-13)26-8-4-7-21-19(25)24-23-18-15(3)10-16(11-20)12-22-18/h5-6,9-10,12H,4,7-8H2,1-3H3,(H,22,23)(H2,21,24,25). The van der Waals surface area contributed by atoms with Gasteiger partial charge < -0.3 is 10.1 Å². The summed E-state index contributed by atoms with van der Waals surface area (Å²) in [4.78, 5) is 15.9. The molecule has 7 nitrogen and oxygen atoms in total. The Kier molecular flexibility index (Phi) is 6.80. The molecule has 0 saturated carbocycles. The van der Waals surface area contributed by atoms with Gasteiger partial charge >= 0.3 is 6.03 Å². The summed E-state index contributed by atoms with van der Waals surface area (Å²) < 4.78 is 5.72. The molecule has 0 aliphatic heterocycles. The third kappa shape index (κ3) is 5.67. The number of pyridine rings is 1. The van der Waals surface area contributed by atoms with Crippen LogP contribution >= 0.6 is 0 Å². The molecule has 1 aromatic heterocycles. The molecular formula is C19H23N5O2. The summed E-state index contributed by atoms with van der Waals surface area (Å²) in [5.41, 5.74) is 8.79. The van der Waals surface area contributed by atoms with Crippen molar-refractivity contribution in [1.29, 1.82) is 5.26 Å². The number of carbonyl (C=O) groups excluding carboxylic acids is 1. The van der Waals surface area contributed by atoms with Crippen molar-refractivity contribution in [2.45, 2.75) is 27.2 Å². The fourth-order valence-electron chi connectivity index (χ4n) is 2.34. The molecule has 3 N–H and O–H groups in total. The number of ether oxygens (including phenoxy) is 1. The minimum Gasteiger partial charge on any atom is -0.493 e. The minimum absolute atomic E-state index is 0.359. The highest BCUT2D eigenvalue weighted by Gasteiger charge is 2.04. The Labute approximate surface area is 153 Å². The summed E-state index contributed by atoms with van der Waals surface area (Å²) in [6.07, 6.45) is 2.13. The maximum atomic E-state index is 11.8. The number of nitrogens with zero attached hydrogens (tertiary/aromatic N) is 2. The molecule has 0 aliphatic carbocycles. The van der Waals surface area contributed by atoms with E-state index in [9.17, 15) is 4.79 Å². The Bertz CT molecular complexity index is 814. The molecule has 1 heterocycles. The molecule has 7 heteroatoms. The van der Waals surface area contributed by atoms with E-state index in [4.69, 9.17) is 10.00 Å². The Hall–Kier alpha value is -3.27. The minimum atomic E-state index is -0.359. The van der Waals surface area contributed by atoms with Gasteiger partial charge in [-0.15, -0.1) is 0 Å². The Morgan fingerprint density at radius 1 is 1.23 bits per heavy atom. The number of aryl methyl sites for hydroxylation is 3. The fraction of sp³-hybridized carbons (Fsp3) is 0.316. The number of aromatic nitrogens is 1. The smallest absolute Gasteiger partial charge is 0.333 e. The number of hydrogen-bond acceptors (Lipinski definition) is 5. The van der Waals surface area contributed by atoms with Crippen molar-refractivity contribution < 1.29 is 9.53 Å². The zero-order valence-corrected chi connectivity index (χ0v) is 15.2. The molecule has 0 saturated heterocycles. The number of hydrogen-bond donors (Lipinski definition) is 3. The van der Waals surface area contributed by atoms with Gasteiger partial charge in [-0.3, -0.25) is 10.9 Å². The van der Waals surface area contributed by atoms with Crippen molar-refractivity contribution >= 4 is 11.8 Å². The van der Waals surface area contributed by atoms with Crippen LogP contribution < -0.4 is 20.9 Å². The summed E-state index contributed by atoms with van der Waals surface area (Å²) in [6.45, 7) is 6.87. The largest absolute Gasteiger partial charge is 0.493 e. The molecule has 2 rings (SSSR count). The molecular weight excluding hydrogens is 330 g/mol. The molecule has 0 fully saturated rings. The Balaban J connectivity index is 1.65. The number of nitrogens with one attached hydrogen (secondary N) is 3. The van der Waals surface area contributed by atoms with Crippen LogP contribution in [0.25, 0.3) is 0 Å². The van der Waals surface area contributed by atoms with Gasteiger partial charge in [0.15, 0.2) is 0 Å². The van der Waals surface area contributed by atoms with Crippen LogP contribution in [0.1, 0.15) is 28.7 Å². The lowest BCUT2D eigenvalue weighted by atomic mass is 10.1. The van der Waals surface area contributed by atoms with Gasteiger partial charge in [0.25, 0.3) is 0 Å². The van der Waals surface area contributed by atoms with Crippen molar-refractivity contribution in [2.24, 2.45) is 0 Å². The number of amides is 2. The average Bonchev–Trinajstić information content (AvgIpc) is 2.62. The first-order valence-corrected chi connectivity index (χ1v) is 8.36. The molecule has 0 bridgehead atoms. The van der Waals surface area contributed by atoms with Gasteiger partial charge in [-0.25, -0.2) is 9.78 Å². The second kappa shape index (κ2) is 9.28. The van der Waals surface area contributed by atoms with E-state index in [0.717, 1.165) is 16.9 Å². The van der Waals surface area contributed by atoms with E-state index in [1.165, 1.54) is 11.8 Å². The van der Waals surface area contributed by atoms with Gasteiger partial charge in [0.1, 0.15) is 17.6 Å². The number of rotatable bonds is 7. The maximum absolute atomic E-state index is 11.8. The lowest BCUT2D eigenvalue weighted by molar-refractivity contribution is 0.241. The van der Waals surface area contributed by atoms with Crippen LogP contribution in [0.4, 0.5) is 10.6 Å². The summed E-state index contributed by atoms with van der Waals surface area (Å²) in [7, 11) is 0. The van der Waals surface area contributed by atoms with E-state index in [1.54, 1.807) is 13.0 Å². The van der Waals surface area contributed by atoms with Gasteiger partial charge in [0, 0.05) is 12.7 Å². The van der Waals surface area contributed by atoms with Gasteiger partial charge in [0.05, 0.1) is 12.2 Å². The summed E-state index contributed by atoms with van der Waals surface area (Å²) in [5.74, 6) is 1.36. The molecule has 0 radical (unpaired) electrons. The van der Waals surface area contributed by atoms with E-state index in [0.29, 0.717) is 31.0 Å². The first kappa shape index (κ1) is 19.1. The molecule has 0 unspecified atom stereocenters. The topological polar surface area (TPSA) is 99.1 Å². The van der Waals surface area contributed by atoms with Crippen molar-refractivity contribution in [3.05, 3.63) is 52.7 Å². The van der Waals surface area contributed by atoms with E-state index in [1.807, 2.05) is 32.0 Å². The predicted molar refractivity (Wildman–Crippen MR) is 99.9 cm³/mol. The number of urea groups is 1. The molecule has 26 heavy (non-hydrogen) atoms. The van der Waals surface area contributed by atoms with Gasteiger partial charge in [-0.05, 0) is 50.5 Å². The van der Waals surface area contributed by atoms with Gasteiger partial charge in [-0.1, -0.05) is 17.7 Å². The normalized spacial score (nSPS) is 9.92. The summed E-state index contributed by atoms with van der Waals surface area (Å²) >= 11 is 0. The third-order valence-corrected chi connectivity index (χ3v) is 3.70. The van der Waals surface area contributed by atoms with Crippen LogP contribution in [0.5, 0.6) is 5.75 Å². The van der Waals surface area contributed by atoms with Crippen LogP contribution in [0.3, 0.4) is 0 Å². The zero-order chi connectivity index (χ0) is 18.9. The van der Waals surface area contributed by atoms with Crippen molar-refractivity contribution in [2.75, 3.05) is 18.6 Å². The second-order valence-corrected chi connectivity index (χ2v) is 5.98. The van der Waals surface area contributed by atoms with Crippen molar-refractivity contribution in [3.63, 3.8) is 0 Å². The van der Waals surface area contributed by atoms with Gasteiger partial charge in [0.2, 0.25) is 0 Å². The number of nitriles is 1. The molecule has 136 valence electrons. The summed E-state index contributed by atoms with van der Waals surface area (Å²) in [6, 6.07) is 9.40. The van der Waals surface area contributed by atoms with Gasteiger partial charge in [-0.2, -0.15) is 5.26 Å². The highest BCUT2D eigenvalue weighted by molar-refractivity contribution is 5.75. The second-order valence-electron chi connectivity index (χ2n) is 5.98. The van der Waals surface area contributed by atoms with E-state index in [-0.39, 0.29) is 6.03 Å². The molecule has 2 aromatic rings. The molecule has 2 amide bonds. The Morgan fingerprint density at radius 3 is 2.73 bits per heavy atom. The first-order chi connectivity index (χ1) is 12.5. The number of benzene rings is 1. The highest BCUT2D eigenvalue weighted by Crippen LogP contribution is 2.18. The van der Waals surface area contributed by atoms with E-state index in [2.05, 4.69) is 27.2 Å². The van der Waals surface area contributed by atoms with Crippen LogP contribution in [-0.2, 0) is 0 Å². The summed E-state index contributed by atoms with van der Waals surface area (Å²) in [5, 5.41) is 11.5. The Morgan fingerprint density at radius 2 is 2.04 bits per heavy atom. The zero-order valence-electron chi connectivity index (χ0n) is 15.2. The van der Waals surface area contributed by atoms with Crippen LogP contribution in [0.2, 0.25) is 0 Å².